The second-order valence-corrected chi connectivity index (χ2v) is 1.42. The Hall–Kier alpha value is -0.305. The molecule has 0 aliphatic carbocycles. The summed E-state index contributed by atoms with van der Waals surface area (Å²) in [7, 11) is 4.78. The minimum absolute atomic E-state index is 0.428. The third kappa shape index (κ3) is 2.40. The normalized spacial score (nSPS) is 13.4. The van der Waals surface area contributed by atoms with Crippen molar-refractivity contribution in [3.8, 4) is 0 Å². The number of carbonyl (C=O) groups is 1. The van der Waals surface area contributed by atoms with Crippen LogP contribution in [0.4, 0.5) is 0 Å². The zero-order valence-electron chi connectivity index (χ0n) is 4.35. The third-order valence-corrected chi connectivity index (χ3v) is 0.805. The highest BCUT2D eigenvalue weighted by molar-refractivity contribution is 6.59. The van der Waals surface area contributed by atoms with Gasteiger partial charge in [0, 0.05) is 0 Å². The van der Waals surface area contributed by atoms with Crippen molar-refractivity contribution in [2.75, 3.05) is 0 Å². The molecule has 0 amide bonds. The van der Waals surface area contributed by atoms with Gasteiger partial charge in [-0.2, -0.15) is 0 Å². The molecule has 0 aliphatic heterocycles. The molecule has 2 N–H and O–H groups in total. The van der Waals surface area contributed by atoms with Gasteiger partial charge in [0.1, 0.15) is 0 Å². The van der Waals surface area contributed by atoms with Gasteiger partial charge >= 0.3 is 0 Å². The summed E-state index contributed by atoms with van der Waals surface area (Å²) in [5.74, 6) is 0. The van der Waals surface area contributed by atoms with E-state index in [1.54, 1.807) is 0 Å². The van der Waals surface area contributed by atoms with Crippen molar-refractivity contribution < 1.29 is 4.79 Å². The van der Waals surface area contributed by atoms with Crippen molar-refractivity contribution in [2.45, 2.75) is 19.4 Å². The van der Waals surface area contributed by atoms with Crippen molar-refractivity contribution in [2.24, 2.45) is 5.73 Å². The average Bonchev–Trinajstić information content (AvgIpc) is 1.65. The topological polar surface area (TPSA) is 43.1 Å². The van der Waals surface area contributed by atoms with Crippen LogP contribution in [-0.4, -0.2) is 19.6 Å². The van der Waals surface area contributed by atoms with Crippen molar-refractivity contribution in [3.05, 3.63) is 0 Å². The first-order chi connectivity index (χ1) is 3.18. The van der Waals surface area contributed by atoms with Gasteiger partial charge in [0.05, 0.1) is 11.7 Å². The summed E-state index contributed by atoms with van der Waals surface area (Å²) in [6.45, 7) is 1.81. The van der Waals surface area contributed by atoms with Crippen LogP contribution in [0.15, 0.2) is 0 Å². The SMILES string of the molecule is [B]C(=O)C(N)CC. The van der Waals surface area contributed by atoms with E-state index in [4.69, 9.17) is 13.6 Å². The molecule has 0 rings (SSSR count). The van der Waals surface area contributed by atoms with Crippen LogP contribution in [0.1, 0.15) is 13.3 Å². The van der Waals surface area contributed by atoms with Crippen molar-refractivity contribution in [3.63, 3.8) is 0 Å². The van der Waals surface area contributed by atoms with Gasteiger partial charge in [0.2, 0.25) is 0 Å². The Labute approximate surface area is 44.5 Å². The van der Waals surface area contributed by atoms with Crippen LogP contribution in [0, 0.1) is 0 Å². The summed E-state index contributed by atoms with van der Waals surface area (Å²) in [6, 6.07) is -0.458. The van der Waals surface area contributed by atoms with E-state index in [1.165, 1.54) is 0 Å². The van der Waals surface area contributed by atoms with Crippen LogP contribution in [0.5, 0.6) is 0 Å². The Morgan fingerprint density at radius 3 is 2.43 bits per heavy atom. The fourth-order valence-electron chi connectivity index (χ4n) is 0.201. The van der Waals surface area contributed by atoms with Gasteiger partial charge in [0.25, 0.3) is 0 Å². The molecule has 0 aromatic heterocycles. The minimum Gasteiger partial charge on any atom is -0.322 e. The van der Waals surface area contributed by atoms with Crippen LogP contribution >= 0.6 is 0 Å². The van der Waals surface area contributed by atoms with Crippen LogP contribution in [0.25, 0.3) is 0 Å². The van der Waals surface area contributed by atoms with E-state index in [0.717, 1.165) is 0 Å². The molecule has 0 saturated heterocycles. The van der Waals surface area contributed by atoms with Gasteiger partial charge in [-0.3, -0.25) is 0 Å². The number of hydrogen-bond donors (Lipinski definition) is 1. The molecule has 0 saturated carbocycles. The summed E-state index contributed by atoms with van der Waals surface area (Å²) in [5.41, 5.74) is 4.71. The number of nitrogens with two attached hydrogens (primary N) is 1. The van der Waals surface area contributed by atoms with Crippen LogP contribution < -0.4 is 5.73 Å². The molecule has 0 fully saturated rings. The molecule has 2 nitrogen and oxygen atoms in total. The molecular weight excluding hydrogens is 88.9 g/mol. The molecular formula is C4H8BNO. The Morgan fingerprint density at radius 2 is 2.43 bits per heavy atom. The maximum absolute atomic E-state index is 10.0. The molecule has 0 spiro atoms. The van der Waals surface area contributed by atoms with Crippen molar-refractivity contribution in [1.82, 2.24) is 0 Å². The van der Waals surface area contributed by atoms with E-state index in [2.05, 4.69) is 0 Å². The second kappa shape index (κ2) is 2.80. The molecule has 38 valence electrons. The summed E-state index contributed by atoms with van der Waals surface area (Å²) < 4.78 is 0. The van der Waals surface area contributed by atoms with E-state index >= 15 is 0 Å². The molecule has 0 bridgehead atoms. The van der Waals surface area contributed by atoms with Gasteiger partial charge in [-0.05, 0) is 6.42 Å². The Bertz CT molecular complexity index is 74.1. The fourth-order valence-corrected chi connectivity index (χ4v) is 0.201. The maximum atomic E-state index is 10.0. The lowest BCUT2D eigenvalue weighted by molar-refractivity contribution is -0.112. The molecule has 2 radical (unpaired) electrons. The van der Waals surface area contributed by atoms with E-state index < -0.39 is 11.7 Å². The zero-order valence-corrected chi connectivity index (χ0v) is 4.35. The van der Waals surface area contributed by atoms with E-state index in [9.17, 15) is 4.79 Å². The molecule has 1 atom stereocenters. The summed E-state index contributed by atoms with van der Waals surface area (Å²) in [5, 5.41) is 0. The first-order valence-electron chi connectivity index (χ1n) is 2.23. The molecule has 0 aromatic carbocycles. The first-order valence-corrected chi connectivity index (χ1v) is 2.23. The molecule has 0 heterocycles. The quantitative estimate of drug-likeness (QED) is 0.468. The highest BCUT2D eigenvalue weighted by atomic mass is 16.1. The lowest BCUT2D eigenvalue weighted by Crippen LogP contribution is -2.29. The maximum Gasteiger partial charge on any atom is 0.170 e. The van der Waals surface area contributed by atoms with Crippen molar-refractivity contribution in [1.29, 1.82) is 0 Å². The highest BCUT2D eigenvalue weighted by Gasteiger charge is 2.00. The van der Waals surface area contributed by atoms with Crippen molar-refractivity contribution >= 4 is 13.5 Å². The largest absolute Gasteiger partial charge is 0.322 e. The monoisotopic (exact) mass is 97.1 g/mol. The highest BCUT2D eigenvalue weighted by Crippen LogP contribution is 1.81. The lowest BCUT2D eigenvalue weighted by Gasteiger charge is -1.99. The van der Waals surface area contributed by atoms with Gasteiger partial charge in [-0.25, -0.2) is 0 Å². The lowest BCUT2D eigenvalue weighted by atomic mass is 9.94. The summed E-state index contributed by atoms with van der Waals surface area (Å²) in [4.78, 5) is 10.0. The third-order valence-electron chi connectivity index (χ3n) is 0.805. The zero-order chi connectivity index (χ0) is 5.86. The predicted molar refractivity (Wildman–Crippen MR) is 29.0 cm³/mol. The predicted octanol–water partition coefficient (Wildman–Crippen LogP) is -0.581. The molecule has 3 heteroatoms. The number of rotatable bonds is 2. The minimum atomic E-state index is -0.458. The van der Waals surface area contributed by atoms with Gasteiger partial charge < -0.3 is 10.5 Å². The second-order valence-electron chi connectivity index (χ2n) is 1.42. The van der Waals surface area contributed by atoms with Crippen LogP contribution in [-0.2, 0) is 4.79 Å². The fraction of sp³-hybridized carbons (Fsp3) is 0.750. The number of hydrogen-bond acceptors (Lipinski definition) is 2. The average molecular weight is 96.9 g/mol. The van der Waals surface area contributed by atoms with Gasteiger partial charge in [-0.1, -0.05) is 6.92 Å². The smallest absolute Gasteiger partial charge is 0.170 e. The van der Waals surface area contributed by atoms with E-state index in [-0.39, 0.29) is 0 Å². The molecule has 0 aromatic rings. The summed E-state index contributed by atoms with van der Waals surface area (Å²) in [6.07, 6.45) is 0.620. The number of carbonyl (C=O) groups excluding carboxylic acids is 1. The molecule has 1 unspecified atom stereocenters. The Morgan fingerprint density at radius 1 is 2.00 bits per heavy atom. The van der Waals surface area contributed by atoms with Crippen LogP contribution in [0.2, 0.25) is 0 Å². The standard InChI is InChI=1S/C4H8BNO/c1-2-3(6)4(5)7/h3H,2,6H2,1H3. The Kier molecular flexibility index (Phi) is 2.68. The first kappa shape index (κ1) is 6.69. The van der Waals surface area contributed by atoms with Gasteiger partial charge in [-0.15, -0.1) is 0 Å². The Balaban J connectivity index is 3.34. The van der Waals surface area contributed by atoms with E-state index in [1.807, 2.05) is 6.92 Å². The van der Waals surface area contributed by atoms with Crippen LogP contribution in [0.3, 0.4) is 0 Å². The molecule has 7 heavy (non-hydrogen) atoms. The molecule has 0 aliphatic rings. The van der Waals surface area contributed by atoms with Gasteiger partial charge in [0.15, 0.2) is 7.85 Å². The van der Waals surface area contributed by atoms with E-state index in [0.29, 0.717) is 6.42 Å². The summed E-state index contributed by atoms with van der Waals surface area (Å²) >= 11 is 0.